The third kappa shape index (κ3) is 3.36. The molecule has 1 heterocycles. The Morgan fingerprint density at radius 3 is 2.06 bits per heavy atom. The Balaban J connectivity index is 2.76. The molecule has 0 aromatic rings. The van der Waals surface area contributed by atoms with Crippen molar-refractivity contribution in [2.24, 2.45) is 0 Å². The van der Waals surface area contributed by atoms with E-state index in [1.54, 1.807) is 0 Å². The average molecular weight is 248 g/mol. The SMILES string of the molecule is C\C=C(/C=C\C=C\CC)B1OC(C)(C)C(C)(C)O1. The molecule has 1 saturated heterocycles. The van der Waals surface area contributed by atoms with Crippen molar-refractivity contribution < 1.29 is 9.31 Å². The summed E-state index contributed by atoms with van der Waals surface area (Å²) >= 11 is 0. The van der Waals surface area contributed by atoms with E-state index in [9.17, 15) is 0 Å². The van der Waals surface area contributed by atoms with Gasteiger partial charge in [0.2, 0.25) is 0 Å². The molecule has 0 aromatic carbocycles. The van der Waals surface area contributed by atoms with Crippen molar-refractivity contribution in [1.29, 1.82) is 0 Å². The molecule has 0 aromatic heterocycles. The van der Waals surface area contributed by atoms with Gasteiger partial charge in [-0.25, -0.2) is 0 Å². The molecule has 1 aliphatic heterocycles. The Morgan fingerprint density at radius 1 is 1.06 bits per heavy atom. The lowest BCUT2D eigenvalue weighted by atomic mass is 9.78. The van der Waals surface area contributed by atoms with Crippen molar-refractivity contribution in [3.05, 3.63) is 35.9 Å². The molecule has 0 radical (unpaired) electrons. The minimum Gasteiger partial charge on any atom is -0.399 e. The summed E-state index contributed by atoms with van der Waals surface area (Å²) in [6, 6.07) is 0. The first-order valence-corrected chi connectivity index (χ1v) is 6.69. The number of hydrogen-bond acceptors (Lipinski definition) is 2. The van der Waals surface area contributed by atoms with Crippen molar-refractivity contribution in [2.45, 2.75) is 59.2 Å². The zero-order valence-electron chi connectivity index (χ0n) is 12.5. The third-order valence-corrected chi connectivity index (χ3v) is 3.63. The van der Waals surface area contributed by atoms with Crippen molar-refractivity contribution >= 4 is 7.12 Å². The van der Waals surface area contributed by atoms with Crippen LogP contribution in [0.2, 0.25) is 0 Å². The standard InChI is InChI=1S/C15H25BO2/c1-7-9-10-11-12-13(8-2)16-17-14(3,4)15(5,6)18-16/h8-12H,7H2,1-6H3/b10-9+,12-11-,13-8+. The monoisotopic (exact) mass is 248 g/mol. The maximum atomic E-state index is 6.01. The van der Waals surface area contributed by atoms with Crippen LogP contribution in [0.5, 0.6) is 0 Å². The van der Waals surface area contributed by atoms with Gasteiger partial charge in [-0.15, -0.1) is 0 Å². The smallest absolute Gasteiger partial charge is 0.399 e. The van der Waals surface area contributed by atoms with Crippen molar-refractivity contribution in [3.8, 4) is 0 Å². The van der Waals surface area contributed by atoms with Crippen LogP contribution in [0.15, 0.2) is 35.9 Å². The van der Waals surface area contributed by atoms with E-state index < -0.39 is 0 Å². The van der Waals surface area contributed by atoms with Crippen molar-refractivity contribution in [3.63, 3.8) is 0 Å². The third-order valence-electron chi connectivity index (χ3n) is 3.63. The van der Waals surface area contributed by atoms with Crippen LogP contribution in [0.25, 0.3) is 0 Å². The van der Waals surface area contributed by atoms with Crippen LogP contribution < -0.4 is 0 Å². The zero-order chi connectivity index (χ0) is 13.8. The first kappa shape index (κ1) is 15.3. The summed E-state index contributed by atoms with van der Waals surface area (Å²) in [6.07, 6.45) is 11.3. The van der Waals surface area contributed by atoms with Crippen LogP contribution >= 0.6 is 0 Å². The molecule has 0 spiro atoms. The summed E-state index contributed by atoms with van der Waals surface area (Å²) in [5, 5.41) is 0. The molecule has 2 nitrogen and oxygen atoms in total. The molecule has 18 heavy (non-hydrogen) atoms. The largest absolute Gasteiger partial charge is 0.494 e. The first-order valence-electron chi connectivity index (χ1n) is 6.69. The predicted octanol–water partition coefficient (Wildman–Crippen LogP) is 4.09. The maximum Gasteiger partial charge on any atom is 0.494 e. The van der Waals surface area contributed by atoms with E-state index in [4.69, 9.17) is 9.31 Å². The zero-order valence-corrected chi connectivity index (χ0v) is 12.5. The second kappa shape index (κ2) is 5.90. The number of rotatable bonds is 4. The molecular formula is C15H25BO2. The number of hydrogen-bond donors (Lipinski definition) is 0. The van der Waals surface area contributed by atoms with Crippen LogP contribution in [0.3, 0.4) is 0 Å². The molecule has 0 unspecified atom stereocenters. The highest BCUT2D eigenvalue weighted by molar-refractivity contribution is 6.55. The fourth-order valence-electron chi connectivity index (χ4n) is 1.67. The molecule has 1 fully saturated rings. The van der Waals surface area contributed by atoms with Crippen molar-refractivity contribution in [1.82, 2.24) is 0 Å². The average Bonchev–Trinajstić information content (AvgIpc) is 2.48. The van der Waals surface area contributed by atoms with Crippen LogP contribution in [-0.2, 0) is 9.31 Å². The molecule has 0 saturated carbocycles. The van der Waals surface area contributed by atoms with Gasteiger partial charge in [0.05, 0.1) is 11.2 Å². The highest BCUT2D eigenvalue weighted by Gasteiger charge is 2.51. The fourth-order valence-corrected chi connectivity index (χ4v) is 1.67. The van der Waals surface area contributed by atoms with E-state index in [-0.39, 0.29) is 18.3 Å². The highest BCUT2D eigenvalue weighted by atomic mass is 16.7. The van der Waals surface area contributed by atoms with Gasteiger partial charge in [0.15, 0.2) is 0 Å². The molecule has 3 heteroatoms. The maximum absolute atomic E-state index is 6.01. The van der Waals surface area contributed by atoms with E-state index in [1.165, 1.54) is 0 Å². The molecule has 0 atom stereocenters. The van der Waals surface area contributed by atoms with E-state index in [0.717, 1.165) is 11.9 Å². The summed E-state index contributed by atoms with van der Waals surface area (Å²) in [5.41, 5.74) is 0.507. The lowest BCUT2D eigenvalue weighted by Gasteiger charge is -2.32. The van der Waals surface area contributed by atoms with Gasteiger partial charge in [-0.1, -0.05) is 37.3 Å². The van der Waals surface area contributed by atoms with Gasteiger partial charge in [0.25, 0.3) is 0 Å². The Hall–Kier alpha value is -0.795. The van der Waals surface area contributed by atoms with Crippen LogP contribution in [0, 0.1) is 0 Å². The fraction of sp³-hybridized carbons (Fsp3) is 0.600. The van der Waals surface area contributed by atoms with Gasteiger partial charge < -0.3 is 9.31 Å². The predicted molar refractivity (Wildman–Crippen MR) is 78.4 cm³/mol. The Labute approximate surface area is 112 Å². The van der Waals surface area contributed by atoms with E-state index >= 15 is 0 Å². The Morgan fingerprint density at radius 2 is 1.61 bits per heavy atom. The van der Waals surface area contributed by atoms with Crippen LogP contribution in [0.1, 0.15) is 48.0 Å². The normalized spacial score (nSPS) is 23.4. The first-order chi connectivity index (χ1) is 8.34. The quantitative estimate of drug-likeness (QED) is 0.551. The van der Waals surface area contributed by atoms with E-state index in [0.29, 0.717) is 0 Å². The van der Waals surface area contributed by atoms with Gasteiger partial charge in [-0.05, 0) is 46.5 Å². The van der Waals surface area contributed by atoms with E-state index in [1.807, 2.05) is 25.2 Å². The van der Waals surface area contributed by atoms with Crippen molar-refractivity contribution in [2.75, 3.05) is 0 Å². The Kier molecular flexibility index (Phi) is 5.00. The number of allylic oxidation sites excluding steroid dienone is 6. The van der Waals surface area contributed by atoms with Gasteiger partial charge in [0.1, 0.15) is 0 Å². The van der Waals surface area contributed by atoms with Gasteiger partial charge >= 0.3 is 7.12 Å². The molecule has 1 rings (SSSR count). The lowest BCUT2D eigenvalue weighted by molar-refractivity contribution is 0.00578. The molecule has 0 N–H and O–H groups in total. The molecule has 0 bridgehead atoms. The van der Waals surface area contributed by atoms with E-state index in [2.05, 4.69) is 46.8 Å². The van der Waals surface area contributed by atoms with Gasteiger partial charge in [-0.3, -0.25) is 0 Å². The summed E-state index contributed by atoms with van der Waals surface area (Å²) in [6.45, 7) is 12.4. The van der Waals surface area contributed by atoms with Gasteiger partial charge in [0, 0.05) is 0 Å². The second-order valence-electron chi connectivity index (χ2n) is 5.57. The molecule has 0 amide bonds. The van der Waals surface area contributed by atoms with Gasteiger partial charge in [-0.2, -0.15) is 0 Å². The minimum atomic E-state index is -0.279. The van der Waals surface area contributed by atoms with Crippen LogP contribution in [0.4, 0.5) is 0 Å². The second-order valence-corrected chi connectivity index (χ2v) is 5.57. The lowest BCUT2D eigenvalue weighted by Crippen LogP contribution is -2.41. The molecular weight excluding hydrogens is 223 g/mol. The summed E-state index contributed by atoms with van der Waals surface area (Å²) in [7, 11) is -0.272. The Bertz CT molecular complexity index is 349. The molecule has 100 valence electrons. The summed E-state index contributed by atoms with van der Waals surface area (Å²) in [5.74, 6) is 0. The molecule has 1 aliphatic rings. The minimum absolute atomic E-state index is 0.272. The van der Waals surface area contributed by atoms with Crippen LogP contribution in [-0.4, -0.2) is 18.3 Å². The topological polar surface area (TPSA) is 18.5 Å². The highest BCUT2D eigenvalue weighted by Crippen LogP contribution is 2.38. The molecule has 0 aliphatic carbocycles. The summed E-state index contributed by atoms with van der Waals surface area (Å²) < 4.78 is 12.0. The summed E-state index contributed by atoms with van der Waals surface area (Å²) in [4.78, 5) is 0.